The number of nitrogens with one attached hydrogen (secondary N) is 3. The molecule has 0 aromatic heterocycles. The van der Waals surface area contributed by atoms with Gasteiger partial charge >= 0.3 is 0 Å². The van der Waals surface area contributed by atoms with Gasteiger partial charge in [0.2, 0.25) is 21.8 Å². The first-order chi connectivity index (χ1) is 14.6. The number of sulfonamides is 1. The molecule has 0 bridgehead atoms. The number of rotatable bonds is 10. The molecular weight excluding hydrogens is 416 g/mol. The van der Waals surface area contributed by atoms with Crippen molar-refractivity contribution in [1.29, 1.82) is 0 Å². The summed E-state index contributed by atoms with van der Waals surface area (Å²) in [6.07, 6.45) is 0. The van der Waals surface area contributed by atoms with E-state index in [-0.39, 0.29) is 10.8 Å². The van der Waals surface area contributed by atoms with Crippen molar-refractivity contribution in [1.82, 2.24) is 9.62 Å². The van der Waals surface area contributed by atoms with Gasteiger partial charge in [0.15, 0.2) is 0 Å². The van der Waals surface area contributed by atoms with Crippen LogP contribution in [0.25, 0.3) is 0 Å². The molecule has 8 nitrogen and oxygen atoms in total. The summed E-state index contributed by atoms with van der Waals surface area (Å²) >= 11 is 0. The van der Waals surface area contributed by atoms with E-state index in [0.717, 1.165) is 25.2 Å². The van der Waals surface area contributed by atoms with Crippen molar-refractivity contribution in [3.8, 4) is 0 Å². The fraction of sp³-hybridized carbons (Fsp3) is 0.364. The largest absolute Gasteiger partial charge is 0.326 e. The van der Waals surface area contributed by atoms with Crippen LogP contribution in [0.5, 0.6) is 0 Å². The Bertz CT molecular complexity index is 1000. The van der Waals surface area contributed by atoms with E-state index in [0.29, 0.717) is 11.4 Å². The van der Waals surface area contributed by atoms with E-state index in [2.05, 4.69) is 34.1 Å². The lowest BCUT2D eigenvalue weighted by molar-refractivity contribution is -0.117. The van der Waals surface area contributed by atoms with E-state index in [4.69, 9.17) is 0 Å². The molecule has 0 unspecified atom stereocenters. The fourth-order valence-corrected chi connectivity index (χ4v) is 4.18. The zero-order valence-electron chi connectivity index (χ0n) is 18.3. The molecule has 3 N–H and O–H groups in total. The van der Waals surface area contributed by atoms with Gasteiger partial charge in [0.05, 0.1) is 10.9 Å². The highest BCUT2D eigenvalue weighted by atomic mass is 32.2. The first kappa shape index (κ1) is 24.5. The van der Waals surface area contributed by atoms with Gasteiger partial charge in [0.1, 0.15) is 0 Å². The van der Waals surface area contributed by atoms with Crippen LogP contribution in [0.2, 0.25) is 0 Å². The molecule has 9 heteroatoms. The molecule has 1 atom stereocenters. The van der Waals surface area contributed by atoms with Gasteiger partial charge < -0.3 is 10.6 Å². The highest BCUT2D eigenvalue weighted by molar-refractivity contribution is 7.89. The fourth-order valence-electron chi connectivity index (χ4n) is 2.98. The molecule has 2 rings (SSSR count). The Morgan fingerprint density at radius 2 is 1.61 bits per heavy atom. The molecule has 31 heavy (non-hydrogen) atoms. The van der Waals surface area contributed by atoms with E-state index in [9.17, 15) is 18.0 Å². The summed E-state index contributed by atoms with van der Waals surface area (Å²) in [4.78, 5) is 25.9. The van der Waals surface area contributed by atoms with Gasteiger partial charge in [0.25, 0.3) is 0 Å². The van der Waals surface area contributed by atoms with Gasteiger partial charge in [0, 0.05) is 24.8 Å². The molecule has 2 aromatic carbocycles. The second-order valence-corrected chi connectivity index (χ2v) is 8.91. The Labute approximate surface area is 184 Å². The smallest absolute Gasteiger partial charge is 0.242 e. The minimum Gasteiger partial charge on any atom is -0.326 e. The average Bonchev–Trinajstić information content (AvgIpc) is 2.72. The number of hydrogen-bond donors (Lipinski definition) is 3. The van der Waals surface area contributed by atoms with Gasteiger partial charge in [-0.1, -0.05) is 26.0 Å². The van der Waals surface area contributed by atoms with Crippen LogP contribution >= 0.6 is 0 Å². The van der Waals surface area contributed by atoms with Gasteiger partial charge in [-0.15, -0.1) is 0 Å². The molecule has 168 valence electrons. The Morgan fingerprint density at radius 3 is 2.19 bits per heavy atom. The van der Waals surface area contributed by atoms with Crippen molar-refractivity contribution in [3.05, 3.63) is 54.1 Å². The molecule has 0 spiro atoms. The predicted octanol–water partition coefficient (Wildman–Crippen LogP) is 2.79. The zero-order chi connectivity index (χ0) is 23.0. The van der Waals surface area contributed by atoms with Crippen LogP contribution in [0.4, 0.5) is 11.4 Å². The first-order valence-electron chi connectivity index (χ1n) is 10.2. The standard InChI is InChI=1S/C22H30N4O4S/c1-5-26(6-2)15-18-8-7-9-20(14-18)24-22(28)16(3)25-31(29,30)21-12-10-19(11-13-21)23-17(4)27/h7-14,16,25H,5-6,15H2,1-4H3,(H,23,27)(H,24,28)/t16-/m0/s1. The second kappa shape index (κ2) is 11.0. The zero-order valence-corrected chi connectivity index (χ0v) is 19.1. The van der Waals surface area contributed by atoms with Gasteiger partial charge in [-0.3, -0.25) is 14.5 Å². The lowest BCUT2D eigenvalue weighted by Gasteiger charge is -2.19. The lowest BCUT2D eigenvalue weighted by atomic mass is 10.2. The number of nitrogens with zero attached hydrogens (tertiary/aromatic N) is 1. The van der Waals surface area contributed by atoms with Crippen molar-refractivity contribution in [2.75, 3.05) is 23.7 Å². The van der Waals surface area contributed by atoms with Crippen LogP contribution in [-0.4, -0.2) is 44.3 Å². The summed E-state index contributed by atoms with van der Waals surface area (Å²) in [5.41, 5.74) is 2.16. The number of carbonyl (C=O) groups is 2. The van der Waals surface area contributed by atoms with Gasteiger partial charge in [-0.2, -0.15) is 4.72 Å². The first-order valence-corrected chi connectivity index (χ1v) is 11.6. The van der Waals surface area contributed by atoms with E-state index < -0.39 is 22.0 Å². The number of benzene rings is 2. The van der Waals surface area contributed by atoms with Crippen molar-refractivity contribution < 1.29 is 18.0 Å². The minimum absolute atomic E-state index is 0.00229. The summed E-state index contributed by atoms with van der Waals surface area (Å²) in [5.74, 6) is -0.710. The lowest BCUT2D eigenvalue weighted by Crippen LogP contribution is -2.41. The maximum atomic E-state index is 12.6. The average molecular weight is 447 g/mol. The van der Waals surface area contributed by atoms with Crippen LogP contribution in [0, 0.1) is 0 Å². The van der Waals surface area contributed by atoms with Crippen LogP contribution in [0.1, 0.15) is 33.3 Å². The minimum atomic E-state index is -3.90. The molecule has 0 heterocycles. The molecule has 0 aliphatic heterocycles. The summed E-state index contributed by atoms with van der Waals surface area (Å²) in [5, 5.41) is 5.34. The van der Waals surface area contributed by atoms with Gasteiger partial charge in [-0.05, 0) is 62.0 Å². The summed E-state index contributed by atoms with van der Waals surface area (Å²) in [7, 11) is -3.90. The van der Waals surface area contributed by atoms with Gasteiger partial charge in [-0.25, -0.2) is 8.42 Å². The second-order valence-electron chi connectivity index (χ2n) is 7.20. The quantitative estimate of drug-likeness (QED) is 0.520. The maximum absolute atomic E-state index is 12.6. The summed E-state index contributed by atoms with van der Waals surface area (Å²) in [6.45, 7) is 9.67. The predicted molar refractivity (Wildman–Crippen MR) is 122 cm³/mol. The van der Waals surface area contributed by atoms with Crippen LogP contribution in [-0.2, 0) is 26.2 Å². The van der Waals surface area contributed by atoms with E-state index in [1.165, 1.54) is 38.1 Å². The Kier molecular flexibility index (Phi) is 8.73. The molecule has 0 saturated carbocycles. The Balaban J connectivity index is 2.02. The Morgan fingerprint density at radius 1 is 0.968 bits per heavy atom. The normalized spacial score (nSPS) is 12.4. The molecule has 2 amide bonds. The van der Waals surface area contributed by atoms with Crippen LogP contribution < -0.4 is 15.4 Å². The van der Waals surface area contributed by atoms with E-state index >= 15 is 0 Å². The number of anilines is 2. The Hall–Kier alpha value is -2.75. The van der Waals surface area contributed by atoms with Crippen LogP contribution in [0.3, 0.4) is 0 Å². The van der Waals surface area contributed by atoms with Crippen molar-refractivity contribution >= 4 is 33.2 Å². The number of hydrogen-bond acceptors (Lipinski definition) is 5. The van der Waals surface area contributed by atoms with E-state index in [1.807, 2.05) is 18.2 Å². The topological polar surface area (TPSA) is 108 Å². The number of amides is 2. The summed E-state index contributed by atoms with van der Waals surface area (Å²) < 4.78 is 27.6. The number of carbonyl (C=O) groups excluding carboxylic acids is 2. The SMILES string of the molecule is CCN(CC)Cc1cccc(NC(=O)[C@H](C)NS(=O)(=O)c2ccc(NC(C)=O)cc2)c1. The highest BCUT2D eigenvalue weighted by Crippen LogP contribution is 2.16. The van der Waals surface area contributed by atoms with Crippen molar-refractivity contribution in [2.45, 2.75) is 45.2 Å². The highest BCUT2D eigenvalue weighted by Gasteiger charge is 2.22. The third kappa shape index (κ3) is 7.46. The maximum Gasteiger partial charge on any atom is 0.242 e. The summed E-state index contributed by atoms with van der Waals surface area (Å²) in [6, 6.07) is 12.2. The molecule has 2 aromatic rings. The van der Waals surface area contributed by atoms with E-state index in [1.54, 1.807) is 6.07 Å². The molecule has 0 aliphatic rings. The molecule has 0 aliphatic carbocycles. The molecule has 0 fully saturated rings. The molecular formula is C22H30N4O4S. The monoisotopic (exact) mass is 446 g/mol. The molecule has 0 saturated heterocycles. The third-order valence-electron chi connectivity index (χ3n) is 4.71. The van der Waals surface area contributed by atoms with Crippen molar-refractivity contribution in [3.63, 3.8) is 0 Å². The van der Waals surface area contributed by atoms with Crippen molar-refractivity contribution in [2.24, 2.45) is 0 Å². The molecule has 0 radical (unpaired) electrons. The van der Waals surface area contributed by atoms with Crippen LogP contribution in [0.15, 0.2) is 53.4 Å². The third-order valence-corrected chi connectivity index (χ3v) is 6.26.